The van der Waals surface area contributed by atoms with Crippen molar-refractivity contribution in [1.82, 2.24) is 9.88 Å². The van der Waals surface area contributed by atoms with Crippen LogP contribution >= 0.6 is 11.3 Å². The smallest absolute Gasteiger partial charge is 0.180 e. The molecule has 0 radical (unpaired) electrons. The molecule has 0 aromatic heterocycles. The van der Waals surface area contributed by atoms with Crippen molar-refractivity contribution in [2.75, 3.05) is 31.1 Å². The quantitative estimate of drug-likeness (QED) is 0.671. The lowest BCUT2D eigenvalue weighted by Crippen LogP contribution is -2.48. The van der Waals surface area contributed by atoms with Gasteiger partial charge < -0.3 is 4.90 Å². The summed E-state index contributed by atoms with van der Waals surface area (Å²) in [5.41, 5.74) is 3.18. The van der Waals surface area contributed by atoms with Crippen molar-refractivity contribution < 1.29 is 0 Å². The Kier molecular flexibility index (Phi) is 3.98. The third-order valence-corrected chi connectivity index (χ3v) is 5.84. The molecule has 0 amide bonds. The van der Waals surface area contributed by atoms with Gasteiger partial charge in [-0.2, -0.15) is 0 Å². The fourth-order valence-corrected chi connectivity index (χ4v) is 4.32. The maximum absolute atomic E-state index is 11.6. The molecule has 1 fully saturated rings. The van der Waals surface area contributed by atoms with E-state index in [1.54, 1.807) is 23.5 Å². The lowest BCUT2D eigenvalue weighted by Gasteiger charge is -2.38. The summed E-state index contributed by atoms with van der Waals surface area (Å²) < 4.78 is 1.14. The van der Waals surface area contributed by atoms with Gasteiger partial charge in [-0.25, -0.2) is 4.98 Å². The molecule has 0 N–H and O–H groups in total. The van der Waals surface area contributed by atoms with Crippen LogP contribution in [0.3, 0.4) is 0 Å². The molecular formula is C19H21N3OS. The normalized spacial score (nSPS) is 16.4. The van der Waals surface area contributed by atoms with E-state index >= 15 is 0 Å². The number of aromatic nitrogens is 1. The van der Waals surface area contributed by atoms with Gasteiger partial charge in [0.15, 0.2) is 5.43 Å². The third-order valence-electron chi connectivity index (χ3n) is 4.75. The van der Waals surface area contributed by atoms with Crippen LogP contribution in [0.4, 0.5) is 5.69 Å². The summed E-state index contributed by atoms with van der Waals surface area (Å²) >= 11 is 1.65. The highest BCUT2D eigenvalue weighted by Gasteiger charge is 2.19. The molecule has 24 heavy (non-hydrogen) atoms. The van der Waals surface area contributed by atoms with E-state index < -0.39 is 0 Å². The van der Waals surface area contributed by atoms with E-state index in [0.29, 0.717) is 6.04 Å². The van der Waals surface area contributed by atoms with Crippen molar-refractivity contribution in [2.45, 2.75) is 19.9 Å². The fourth-order valence-electron chi connectivity index (χ4n) is 3.29. The van der Waals surface area contributed by atoms with E-state index in [-0.39, 0.29) is 5.43 Å². The minimum absolute atomic E-state index is 0.0425. The average molecular weight is 339 g/mol. The van der Waals surface area contributed by atoms with Crippen LogP contribution in [0, 0.1) is 0 Å². The van der Waals surface area contributed by atoms with Crippen molar-refractivity contribution >= 4 is 27.2 Å². The number of nitrogens with zero attached hydrogens (tertiary/aromatic N) is 3. The first kappa shape index (κ1) is 15.5. The van der Waals surface area contributed by atoms with Gasteiger partial charge in [0.2, 0.25) is 0 Å². The zero-order valence-corrected chi connectivity index (χ0v) is 14.8. The number of piperazine rings is 1. The molecule has 1 aliphatic carbocycles. The van der Waals surface area contributed by atoms with Crippen molar-refractivity contribution in [2.24, 2.45) is 0 Å². The van der Waals surface area contributed by atoms with Gasteiger partial charge in [0, 0.05) is 44.0 Å². The van der Waals surface area contributed by atoms with Crippen LogP contribution < -0.4 is 10.3 Å². The molecular weight excluding hydrogens is 318 g/mol. The number of rotatable bonds is 2. The molecule has 4 rings (SSSR count). The van der Waals surface area contributed by atoms with Crippen LogP contribution in [0.1, 0.15) is 13.8 Å². The molecule has 2 heterocycles. The van der Waals surface area contributed by atoms with Crippen LogP contribution in [0.15, 0.2) is 41.2 Å². The molecule has 0 atom stereocenters. The summed E-state index contributed by atoms with van der Waals surface area (Å²) in [6.07, 6.45) is 0. The number of hydrogen-bond donors (Lipinski definition) is 0. The number of benzene rings is 2. The van der Waals surface area contributed by atoms with Crippen molar-refractivity contribution in [1.29, 1.82) is 0 Å². The Bertz CT molecular complexity index is 897. The molecule has 5 heteroatoms. The van der Waals surface area contributed by atoms with Crippen LogP contribution in [-0.2, 0) is 0 Å². The second-order valence-electron chi connectivity index (χ2n) is 6.61. The Morgan fingerprint density at radius 2 is 1.83 bits per heavy atom. The predicted octanol–water partition coefficient (Wildman–Crippen LogP) is 3.29. The molecule has 1 aromatic carbocycles. The maximum Gasteiger partial charge on any atom is 0.180 e. The molecule has 124 valence electrons. The number of fused-ring (bicyclic) bond motifs is 2. The Labute approximate surface area is 145 Å². The molecule has 0 saturated carbocycles. The summed E-state index contributed by atoms with van der Waals surface area (Å²) in [5.74, 6) is 0. The standard InChI is InChI=1S/C19H21N3OS/c1-13(2)21-7-9-22(10-8-21)14-3-5-16-18(11-14)24-19-12-15(23)4-6-17(19)20-16/h3-6,11-13H,7-10H2,1-2H3. The van der Waals surface area contributed by atoms with Gasteiger partial charge in [-0.15, -0.1) is 11.3 Å². The van der Waals surface area contributed by atoms with E-state index in [9.17, 15) is 4.79 Å². The Hall–Kier alpha value is -1.98. The molecule has 0 bridgehead atoms. The van der Waals surface area contributed by atoms with E-state index in [1.807, 2.05) is 6.07 Å². The van der Waals surface area contributed by atoms with Crippen LogP contribution in [0.2, 0.25) is 0 Å². The molecule has 4 nitrogen and oxygen atoms in total. The van der Waals surface area contributed by atoms with E-state index in [0.717, 1.165) is 47.0 Å². The first-order valence-electron chi connectivity index (χ1n) is 8.44. The SMILES string of the molecule is CC(C)N1CCN(c2ccc3nc4ccc(=O)cc-4sc3c2)CC1. The average Bonchev–Trinajstić information content (AvgIpc) is 2.59. The second-order valence-corrected chi connectivity index (χ2v) is 7.70. The zero-order chi connectivity index (χ0) is 16.7. The van der Waals surface area contributed by atoms with Crippen LogP contribution in [0.25, 0.3) is 20.8 Å². The summed E-state index contributed by atoms with van der Waals surface area (Å²) in [6.45, 7) is 8.84. The lowest BCUT2D eigenvalue weighted by atomic mass is 10.2. The van der Waals surface area contributed by atoms with Crippen molar-refractivity contribution in [3.8, 4) is 10.6 Å². The predicted molar refractivity (Wildman–Crippen MR) is 101 cm³/mol. The van der Waals surface area contributed by atoms with Gasteiger partial charge in [-0.3, -0.25) is 9.69 Å². The molecule has 3 aliphatic rings. The molecule has 2 aliphatic heterocycles. The highest BCUT2D eigenvalue weighted by atomic mass is 32.1. The summed E-state index contributed by atoms with van der Waals surface area (Å²) in [6, 6.07) is 12.2. The van der Waals surface area contributed by atoms with Gasteiger partial charge in [-0.05, 0) is 44.2 Å². The Balaban J connectivity index is 1.67. The minimum atomic E-state index is 0.0425. The van der Waals surface area contributed by atoms with Crippen LogP contribution in [0.5, 0.6) is 0 Å². The first-order valence-corrected chi connectivity index (χ1v) is 9.25. The van der Waals surface area contributed by atoms with Gasteiger partial charge in [0.25, 0.3) is 0 Å². The second kappa shape index (κ2) is 6.15. The summed E-state index contributed by atoms with van der Waals surface area (Å²) in [4.78, 5) is 22.2. The number of hydrogen-bond acceptors (Lipinski definition) is 5. The van der Waals surface area contributed by atoms with E-state index in [4.69, 9.17) is 0 Å². The van der Waals surface area contributed by atoms with Gasteiger partial charge in [0.1, 0.15) is 0 Å². The van der Waals surface area contributed by atoms with Crippen molar-refractivity contribution in [3.05, 3.63) is 46.6 Å². The van der Waals surface area contributed by atoms with E-state index in [1.165, 1.54) is 5.69 Å². The van der Waals surface area contributed by atoms with Crippen molar-refractivity contribution in [3.63, 3.8) is 0 Å². The topological polar surface area (TPSA) is 36.4 Å². The lowest BCUT2D eigenvalue weighted by molar-refractivity contribution is 0.209. The molecule has 0 spiro atoms. The number of anilines is 1. The van der Waals surface area contributed by atoms with Gasteiger partial charge in [-0.1, -0.05) is 0 Å². The van der Waals surface area contributed by atoms with Crippen LogP contribution in [-0.4, -0.2) is 42.1 Å². The largest absolute Gasteiger partial charge is 0.369 e. The maximum atomic E-state index is 11.6. The highest BCUT2D eigenvalue weighted by molar-refractivity contribution is 7.21. The Morgan fingerprint density at radius 1 is 1.04 bits per heavy atom. The summed E-state index contributed by atoms with van der Waals surface area (Å²) in [5, 5.41) is 0. The molecule has 1 aromatic rings. The third kappa shape index (κ3) is 2.89. The first-order chi connectivity index (χ1) is 11.6. The monoisotopic (exact) mass is 339 g/mol. The summed E-state index contributed by atoms with van der Waals surface area (Å²) in [7, 11) is 0. The van der Waals surface area contributed by atoms with Gasteiger partial charge >= 0.3 is 0 Å². The zero-order valence-electron chi connectivity index (χ0n) is 14.0. The molecule has 1 saturated heterocycles. The van der Waals surface area contributed by atoms with Gasteiger partial charge in [0.05, 0.1) is 20.8 Å². The van der Waals surface area contributed by atoms with E-state index in [2.05, 4.69) is 46.8 Å². The fraction of sp³-hybridized carbons (Fsp3) is 0.368. The molecule has 0 unspecified atom stereocenters. The highest BCUT2D eigenvalue weighted by Crippen LogP contribution is 2.32. The Morgan fingerprint density at radius 3 is 2.58 bits per heavy atom. The minimum Gasteiger partial charge on any atom is -0.369 e.